The van der Waals surface area contributed by atoms with E-state index in [2.05, 4.69) is 48.5 Å². The maximum atomic E-state index is 9.04. The van der Waals surface area contributed by atoms with Gasteiger partial charge in [0.05, 0.1) is 12.3 Å². The fourth-order valence-corrected chi connectivity index (χ4v) is 2.91. The number of oxime groups is 1. The molecule has 3 heteroatoms. The summed E-state index contributed by atoms with van der Waals surface area (Å²) in [5.74, 6) is 0.798. The molecule has 1 N–H and O–H groups in total. The third kappa shape index (κ3) is 3.85. The lowest BCUT2D eigenvalue weighted by Crippen LogP contribution is -2.16. The first-order valence-corrected chi connectivity index (χ1v) is 8.52. The van der Waals surface area contributed by atoms with Gasteiger partial charge in [0.25, 0.3) is 0 Å². The quantitative estimate of drug-likeness (QED) is 0.631. The van der Waals surface area contributed by atoms with E-state index in [-0.39, 0.29) is 0 Å². The summed E-state index contributed by atoms with van der Waals surface area (Å²) in [6.45, 7) is 2.74. The molecule has 0 fully saturated rings. The maximum absolute atomic E-state index is 9.04. The summed E-state index contributed by atoms with van der Waals surface area (Å²) in [5.41, 5.74) is 5.44. The summed E-state index contributed by atoms with van der Waals surface area (Å²) in [7, 11) is 0. The predicted molar refractivity (Wildman–Crippen MR) is 98.1 cm³/mol. The number of hydrogen-bond donors (Lipinski definition) is 1. The van der Waals surface area contributed by atoms with Crippen molar-refractivity contribution in [2.75, 3.05) is 6.61 Å². The van der Waals surface area contributed by atoms with E-state index >= 15 is 0 Å². The molecule has 2 aromatic carbocycles. The summed E-state index contributed by atoms with van der Waals surface area (Å²) in [4.78, 5) is 0. The molecule has 1 aliphatic rings. The molecule has 2 aromatic rings. The highest BCUT2D eigenvalue weighted by atomic mass is 16.5. The van der Waals surface area contributed by atoms with Gasteiger partial charge in [-0.25, -0.2) is 0 Å². The van der Waals surface area contributed by atoms with Gasteiger partial charge in [-0.3, -0.25) is 0 Å². The van der Waals surface area contributed by atoms with E-state index in [4.69, 9.17) is 9.94 Å². The molecule has 0 aromatic heterocycles. The van der Waals surface area contributed by atoms with Crippen molar-refractivity contribution in [3.8, 4) is 5.75 Å². The minimum absolute atomic E-state index is 0.563. The fraction of sp³-hybridized carbons (Fsp3) is 0.286. The van der Waals surface area contributed by atoms with Gasteiger partial charge in [-0.2, -0.15) is 0 Å². The molecule has 0 aliphatic carbocycles. The summed E-state index contributed by atoms with van der Waals surface area (Å²) in [5, 5.41) is 12.4. The van der Waals surface area contributed by atoms with Crippen LogP contribution in [0.5, 0.6) is 5.75 Å². The maximum Gasteiger partial charge on any atom is 0.129 e. The first kappa shape index (κ1) is 16.3. The van der Waals surface area contributed by atoms with E-state index in [9.17, 15) is 0 Å². The highest BCUT2D eigenvalue weighted by molar-refractivity contribution is 6.03. The molecule has 0 spiro atoms. The lowest BCUT2D eigenvalue weighted by Gasteiger charge is -2.18. The number of aryl methyl sites for hydroxylation is 2. The fourth-order valence-electron chi connectivity index (χ4n) is 2.91. The van der Waals surface area contributed by atoms with Crippen molar-refractivity contribution < 1.29 is 9.94 Å². The average molecular weight is 321 g/mol. The van der Waals surface area contributed by atoms with Crippen molar-refractivity contribution in [2.45, 2.75) is 32.6 Å². The summed E-state index contributed by atoms with van der Waals surface area (Å²) < 4.78 is 5.67. The smallest absolute Gasteiger partial charge is 0.129 e. The topological polar surface area (TPSA) is 41.8 Å². The van der Waals surface area contributed by atoms with E-state index in [0.29, 0.717) is 18.7 Å². The highest BCUT2D eigenvalue weighted by Gasteiger charge is 2.16. The van der Waals surface area contributed by atoms with Crippen LogP contribution in [0.25, 0.3) is 6.08 Å². The molecule has 3 rings (SSSR count). The zero-order chi connectivity index (χ0) is 16.8. The summed E-state index contributed by atoms with van der Waals surface area (Å²) in [6.07, 6.45) is 8.10. The number of nitrogens with zero attached hydrogens (tertiary/aromatic N) is 1. The largest absolute Gasteiger partial charge is 0.492 e. The number of fused-ring (bicyclic) bond motifs is 1. The van der Waals surface area contributed by atoms with Crippen LogP contribution in [0, 0.1) is 0 Å². The Kier molecular flexibility index (Phi) is 5.32. The van der Waals surface area contributed by atoms with E-state index in [0.717, 1.165) is 36.1 Å². The van der Waals surface area contributed by atoms with Crippen LogP contribution in [-0.4, -0.2) is 17.5 Å². The Balaban J connectivity index is 1.60. The second-order valence-corrected chi connectivity index (χ2v) is 6.01. The summed E-state index contributed by atoms with van der Waals surface area (Å²) in [6, 6.07) is 14.9. The standard InChI is InChI=1S/C21H23NO2/c1-2-16-7-9-17(10-8-16)5-3-4-6-18-11-12-19-20(22-23)13-14-24-21(19)15-18/h4,6-12,15,23H,2-3,5,13-14H2,1H3/b6-4+,22-20+. The molecule has 0 atom stereocenters. The number of hydrogen-bond acceptors (Lipinski definition) is 3. The van der Waals surface area contributed by atoms with Gasteiger partial charge >= 0.3 is 0 Å². The third-order valence-corrected chi connectivity index (χ3v) is 4.37. The van der Waals surface area contributed by atoms with Crippen LogP contribution in [0.2, 0.25) is 0 Å². The normalized spacial score (nSPS) is 15.5. The SMILES string of the molecule is CCc1ccc(CC/C=C/c2ccc3c(c2)OCC/C3=N\O)cc1. The Morgan fingerprint density at radius 1 is 1.12 bits per heavy atom. The Bertz CT molecular complexity index is 745. The van der Waals surface area contributed by atoms with Gasteiger partial charge < -0.3 is 9.94 Å². The van der Waals surface area contributed by atoms with Gasteiger partial charge in [0.1, 0.15) is 5.75 Å². The minimum atomic E-state index is 0.563. The second-order valence-electron chi connectivity index (χ2n) is 6.01. The van der Waals surface area contributed by atoms with Crippen molar-refractivity contribution in [2.24, 2.45) is 5.16 Å². The first-order valence-electron chi connectivity index (χ1n) is 8.52. The second kappa shape index (κ2) is 7.82. The van der Waals surface area contributed by atoms with Gasteiger partial charge in [-0.1, -0.05) is 54.6 Å². The van der Waals surface area contributed by atoms with Crippen LogP contribution in [0.15, 0.2) is 53.7 Å². The molecule has 0 saturated carbocycles. The van der Waals surface area contributed by atoms with Gasteiger partial charge in [-0.05, 0) is 48.1 Å². The zero-order valence-corrected chi connectivity index (χ0v) is 14.0. The molecule has 1 heterocycles. The lowest BCUT2D eigenvalue weighted by atomic mass is 10.0. The molecular weight excluding hydrogens is 298 g/mol. The van der Waals surface area contributed by atoms with Gasteiger partial charge in [0.15, 0.2) is 0 Å². The monoisotopic (exact) mass is 321 g/mol. The Morgan fingerprint density at radius 2 is 1.92 bits per heavy atom. The van der Waals surface area contributed by atoms with Gasteiger partial charge in [0.2, 0.25) is 0 Å². The molecule has 0 radical (unpaired) electrons. The third-order valence-electron chi connectivity index (χ3n) is 4.37. The number of ether oxygens (including phenoxy) is 1. The predicted octanol–water partition coefficient (Wildman–Crippen LogP) is 4.86. The molecule has 24 heavy (non-hydrogen) atoms. The van der Waals surface area contributed by atoms with E-state index in [1.165, 1.54) is 11.1 Å². The Morgan fingerprint density at radius 3 is 2.67 bits per heavy atom. The van der Waals surface area contributed by atoms with Crippen LogP contribution in [0.1, 0.15) is 42.0 Å². The number of rotatable bonds is 5. The van der Waals surface area contributed by atoms with Crippen LogP contribution in [0.3, 0.4) is 0 Å². The van der Waals surface area contributed by atoms with Crippen LogP contribution >= 0.6 is 0 Å². The van der Waals surface area contributed by atoms with Crippen LogP contribution < -0.4 is 4.74 Å². The minimum Gasteiger partial charge on any atom is -0.492 e. The van der Waals surface area contributed by atoms with E-state index in [1.54, 1.807) is 0 Å². The molecule has 0 bridgehead atoms. The van der Waals surface area contributed by atoms with Crippen LogP contribution in [0.4, 0.5) is 0 Å². The summed E-state index contributed by atoms with van der Waals surface area (Å²) >= 11 is 0. The average Bonchev–Trinajstić information content (AvgIpc) is 2.65. The zero-order valence-electron chi connectivity index (χ0n) is 14.0. The molecule has 0 saturated heterocycles. The van der Waals surface area contributed by atoms with Crippen molar-refractivity contribution in [1.29, 1.82) is 0 Å². The molecule has 1 aliphatic heterocycles. The highest BCUT2D eigenvalue weighted by Crippen LogP contribution is 2.27. The molecule has 3 nitrogen and oxygen atoms in total. The lowest BCUT2D eigenvalue weighted by molar-refractivity contribution is 0.298. The van der Waals surface area contributed by atoms with Gasteiger partial charge in [0, 0.05) is 12.0 Å². The van der Waals surface area contributed by atoms with Crippen molar-refractivity contribution >= 4 is 11.8 Å². The molecule has 0 unspecified atom stereocenters. The number of benzene rings is 2. The molecule has 0 amide bonds. The van der Waals surface area contributed by atoms with Crippen LogP contribution in [-0.2, 0) is 12.8 Å². The van der Waals surface area contributed by atoms with Crippen molar-refractivity contribution in [3.05, 3.63) is 70.8 Å². The number of allylic oxidation sites excluding steroid dienone is 1. The van der Waals surface area contributed by atoms with Gasteiger partial charge in [-0.15, -0.1) is 0 Å². The van der Waals surface area contributed by atoms with Crippen molar-refractivity contribution in [3.63, 3.8) is 0 Å². The van der Waals surface area contributed by atoms with E-state index in [1.807, 2.05) is 18.2 Å². The first-order chi connectivity index (χ1) is 11.8. The van der Waals surface area contributed by atoms with E-state index < -0.39 is 0 Å². The Labute approximate surface area is 143 Å². The Hall–Kier alpha value is -2.55. The molecule has 124 valence electrons. The molecular formula is C21H23NO2. The van der Waals surface area contributed by atoms with Crippen molar-refractivity contribution in [1.82, 2.24) is 0 Å².